The van der Waals surface area contributed by atoms with E-state index >= 15 is 0 Å². The first-order valence-electron chi connectivity index (χ1n) is 8.11. The summed E-state index contributed by atoms with van der Waals surface area (Å²) in [5, 5.41) is 9.23. The van der Waals surface area contributed by atoms with Gasteiger partial charge in [0.1, 0.15) is 5.82 Å². The topological polar surface area (TPSA) is 58.4 Å². The zero-order valence-electron chi connectivity index (χ0n) is 13.7. The number of carboxylic acids is 1. The fourth-order valence-corrected chi connectivity index (χ4v) is 3.73. The molecule has 2 aromatic rings. The molecule has 1 aromatic heterocycles. The summed E-state index contributed by atoms with van der Waals surface area (Å²) in [6.07, 6.45) is 1.04. The van der Waals surface area contributed by atoms with Crippen LogP contribution in [0.15, 0.2) is 24.3 Å². The molecule has 0 amide bonds. The number of hydrogen-bond donors (Lipinski definition) is 1. The Morgan fingerprint density at radius 1 is 1.29 bits per heavy atom. The Balaban J connectivity index is 1.89. The normalized spacial score (nSPS) is 25.5. The first-order valence-corrected chi connectivity index (χ1v) is 8.11. The van der Waals surface area contributed by atoms with Crippen LogP contribution in [0.4, 0.5) is 8.78 Å². The van der Waals surface area contributed by atoms with Crippen molar-refractivity contribution in [3.63, 3.8) is 0 Å². The summed E-state index contributed by atoms with van der Waals surface area (Å²) in [5.41, 5.74) is 0.969. The van der Waals surface area contributed by atoms with E-state index in [0.717, 1.165) is 4.57 Å². The molecule has 0 radical (unpaired) electrons. The van der Waals surface area contributed by atoms with Crippen molar-refractivity contribution in [2.24, 2.45) is 5.92 Å². The van der Waals surface area contributed by atoms with Gasteiger partial charge < -0.3 is 5.11 Å². The number of likely N-dealkylation sites (tertiary alicyclic amines) is 1. The lowest BCUT2D eigenvalue weighted by molar-refractivity contribution is -0.145. The predicted molar refractivity (Wildman–Crippen MR) is 85.8 cm³/mol. The van der Waals surface area contributed by atoms with Crippen LogP contribution in [0.3, 0.4) is 0 Å². The molecule has 1 aliphatic rings. The van der Waals surface area contributed by atoms with Crippen LogP contribution in [0, 0.1) is 5.92 Å². The highest BCUT2D eigenvalue weighted by atomic mass is 19.3. The molecule has 0 spiro atoms. The van der Waals surface area contributed by atoms with Gasteiger partial charge in [-0.05, 0) is 38.8 Å². The van der Waals surface area contributed by atoms with E-state index in [0.29, 0.717) is 29.7 Å². The van der Waals surface area contributed by atoms with E-state index in [1.54, 1.807) is 24.3 Å². The molecule has 2 heterocycles. The van der Waals surface area contributed by atoms with Crippen LogP contribution in [-0.4, -0.2) is 37.6 Å². The van der Waals surface area contributed by atoms with Gasteiger partial charge in [0.05, 0.1) is 23.5 Å². The molecule has 3 rings (SSSR count). The molecule has 2 unspecified atom stereocenters. The number of carbonyl (C=O) groups is 1. The monoisotopic (exact) mass is 337 g/mol. The summed E-state index contributed by atoms with van der Waals surface area (Å²) >= 11 is 0. The first-order chi connectivity index (χ1) is 11.4. The van der Waals surface area contributed by atoms with Crippen LogP contribution in [0.25, 0.3) is 11.0 Å². The SMILES string of the molecule is CC1CC(C(=O)O)CC(C)N1Cc1nc2ccccc2n1C(F)F. The number of halogens is 2. The molecule has 1 N–H and O–H groups in total. The van der Waals surface area contributed by atoms with Crippen molar-refractivity contribution in [2.75, 3.05) is 0 Å². The average Bonchev–Trinajstić information content (AvgIpc) is 2.88. The fourth-order valence-electron chi connectivity index (χ4n) is 3.73. The lowest BCUT2D eigenvalue weighted by atomic mass is 9.87. The van der Waals surface area contributed by atoms with Crippen LogP contribution in [-0.2, 0) is 11.3 Å². The number of hydrogen-bond acceptors (Lipinski definition) is 3. The van der Waals surface area contributed by atoms with Gasteiger partial charge in [0, 0.05) is 12.1 Å². The molecule has 5 nitrogen and oxygen atoms in total. The van der Waals surface area contributed by atoms with Crippen molar-refractivity contribution in [1.29, 1.82) is 0 Å². The molecule has 7 heteroatoms. The third kappa shape index (κ3) is 3.00. The van der Waals surface area contributed by atoms with Crippen LogP contribution in [0.5, 0.6) is 0 Å². The average molecular weight is 337 g/mol. The number of nitrogens with zero attached hydrogens (tertiary/aromatic N) is 3. The maximum absolute atomic E-state index is 13.5. The molecule has 1 aliphatic heterocycles. The minimum atomic E-state index is -2.66. The van der Waals surface area contributed by atoms with E-state index < -0.39 is 12.5 Å². The smallest absolute Gasteiger partial charge is 0.320 e. The van der Waals surface area contributed by atoms with Crippen molar-refractivity contribution in [3.05, 3.63) is 30.1 Å². The molecule has 1 aromatic carbocycles. The Kier molecular flexibility index (Phi) is 4.54. The lowest BCUT2D eigenvalue weighted by Crippen LogP contribution is -2.47. The second-order valence-corrected chi connectivity index (χ2v) is 6.54. The molecular formula is C17H21F2N3O2. The molecule has 0 aliphatic carbocycles. The van der Waals surface area contributed by atoms with Gasteiger partial charge in [-0.3, -0.25) is 14.3 Å². The quantitative estimate of drug-likeness (QED) is 0.928. The summed E-state index contributed by atoms with van der Waals surface area (Å²) < 4.78 is 28.0. The lowest BCUT2D eigenvalue weighted by Gasteiger charge is -2.41. The number of aliphatic carboxylic acids is 1. The molecular weight excluding hydrogens is 316 g/mol. The Morgan fingerprint density at radius 2 is 1.92 bits per heavy atom. The van der Waals surface area contributed by atoms with Gasteiger partial charge in [-0.15, -0.1) is 0 Å². The molecule has 1 fully saturated rings. The van der Waals surface area contributed by atoms with Crippen LogP contribution in [0.1, 0.15) is 39.1 Å². The Hall–Kier alpha value is -2.02. The summed E-state index contributed by atoms with van der Waals surface area (Å²) in [4.78, 5) is 17.7. The van der Waals surface area contributed by atoms with Crippen molar-refractivity contribution >= 4 is 17.0 Å². The molecule has 130 valence electrons. The zero-order valence-corrected chi connectivity index (χ0v) is 13.7. The van der Waals surface area contributed by atoms with Crippen molar-refractivity contribution < 1.29 is 18.7 Å². The Labute approximate surface area is 138 Å². The number of alkyl halides is 2. The second kappa shape index (κ2) is 6.47. The van der Waals surface area contributed by atoms with Gasteiger partial charge in [0.2, 0.25) is 0 Å². The van der Waals surface area contributed by atoms with Crippen LogP contribution in [0.2, 0.25) is 0 Å². The Morgan fingerprint density at radius 3 is 2.50 bits per heavy atom. The van der Waals surface area contributed by atoms with E-state index in [4.69, 9.17) is 0 Å². The summed E-state index contributed by atoms with van der Waals surface area (Å²) in [5.74, 6) is -0.841. The van der Waals surface area contributed by atoms with E-state index in [1.165, 1.54) is 0 Å². The van der Waals surface area contributed by atoms with Crippen LogP contribution >= 0.6 is 0 Å². The fraction of sp³-hybridized carbons (Fsp3) is 0.529. The molecule has 1 saturated heterocycles. The number of fused-ring (bicyclic) bond motifs is 1. The van der Waals surface area contributed by atoms with E-state index in [-0.39, 0.29) is 24.5 Å². The molecule has 0 bridgehead atoms. The Bertz CT molecular complexity index is 735. The van der Waals surface area contributed by atoms with Gasteiger partial charge in [0.15, 0.2) is 0 Å². The highest BCUT2D eigenvalue weighted by molar-refractivity contribution is 5.76. The minimum absolute atomic E-state index is 0.000727. The molecule has 24 heavy (non-hydrogen) atoms. The maximum atomic E-state index is 13.5. The third-order valence-corrected chi connectivity index (χ3v) is 4.92. The molecule has 2 atom stereocenters. The van der Waals surface area contributed by atoms with Gasteiger partial charge in [-0.1, -0.05) is 12.1 Å². The van der Waals surface area contributed by atoms with Gasteiger partial charge in [-0.2, -0.15) is 8.78 Å². The number of aromatic nitrogens is 2. The van der Waals surface area contributed by atoms with Gasteiger partial charge in [-0.25, -0.2) is 4.98 Å². The van der Waals surface area contributed by atoms with Crippen molar-refractivity contribution in [3.8, 4) is 0 Å². The van der Waals surface area contributed by atoms with E-state index in [2.05, 4.69) is 9.88 Å². The second-order valence-electron chi connectivity index (χ2n) is 6.54. The highest BCUT2D eigenvalue weighted by Crippen LogP contribution is 2.31. The van der Waals surface area contributed by atoms with E-state index in [9.17, 15) is 18.7 Å². The van der Waals surface area contributed by atoms with Gasteiger partial charge >= 0.3 is 12.5 Å². The number of para-hydroxylation sites is 2. The number of rotatable bonds is 4. The minimum Gasteiger partial charge on any atom is -0.481 e. The van der Waals surface area contributed by atoms with Crippen molar-refractivity contribution in [1.82, 2.24) is 14.5 Å². The van der Waals surface area contributed by atoms with Gasteiger partial charge in [0.25, 0.3) is 0 Å². The zero-order chi connectivity index (χ0) is 17.4. The maximum Gasteiger partial charge on any atom is 0.320 e. The summed E-state index contributed by atoms with van der Waals surface area (Å²) in [6.45, 7) is 1.52. The third-order valence-electron chi connectivity index (χ3n) is 4.92. The highest BCUT2D eigenvalue weighted by Gasteiger charge is 2.35. The van der Waals surface area contributed by atoms with E-state index in [1.807, 2.05) is 13.8 Å². The first kappa shape index (κ1) is 16.8. The summed E-state index contributed by atoms with van der Waals surface area (Å²) in [7, 11) is 0. The predicted octanol–water partition coefficient (Wildman–Crippen LogP) is 3.51. The largest absolute Gasteiger partial charge is 0.481 e. The number of benzene rings is 1. The molecule has 0 saturated carbocycles. The van der Waals surface area contributed by atoms with Crippen molar-refractivity contribution in [2.45, 2.75) is 51.9 Å². The number of piperidine rings is 1. The number of carboxylic acid groups (broad SMARTS) is 1. The van der Waals surface area contributed by atoms with Crippen LogP contribution < -0.4 is 0 Å². The number of imidazole rings is 1. The standard InChI is InChI=1S/C17H21F2N3O2/c1-10-7-12(16(23)24)8-11(2)21(10)9-15-20-13-5-3-4-6-14(13)22(15)17(18)19/h3-6,10-12,17H,7-9H2,1-2H3,(H,23,24). The summed E-state index contributed by atoms with van der Waals surface area (Å²) in [6, 6.07) is 6.86.